The van der Waals surface area contributed by atoms with Crippen molar-refractivity contribution in [2.45, 2.75) is 71.4 Å². The predicted octanol–water partition coefficient (Wildman–Crippen LogP) is 2.56. The molecule has 126 valence electrons. The van der Waals surface area contributed by atoms with E-state index in [0.717, 1.165) is 19.5 Å². The number of likely N-dealkylation sites (tertiary alicyclic amines) is 1. The Hall–Kier alpha value is -0.610. The van der Waals surface area contributed by atoms with E-state index in [0.29, 0.717) is 12.5 Å². The second-order valence-corrected chi connectivity index (χ2v) is 8.34. The van der Waals surface area contributed by atoms with Crippen LogP contribution in [0.4, 0.5) is 0 Å². The number of esters is 1. The monoisotopic (exact) mass is 308 g/mol. The number of rotatable bonds is 4. The summed E-state index contributed by atoms with van der Waals surface area (Å²) in [7, 11) is 0. The van der Waals surface area contributed by atoms with E-state index in [2.05, 4.69) is 25.7 Å². The SMILES string of the molecule is CCOC(=O)[C@@H](N)[C@]1(N2CCCC2)C[C@H]2CC[C@@]1(C)C2(C)C. The highest BCUT2D eigenvalue weighted by Gasteiger charge is 2.73. The zero-order valence-corrected chi connectivity index (χ0v) is 14.7. The number of carbonyl (C=O) groups is 1. The van der Waals surface area contributed by atoms with E-state index < -0.39 is 6.04 Å². The van der Waals surface area contributed by atoms with Crippen molar-refractivity contribution in [1.29, 1.82) is 0 Å². The molecule has 1 heterocycles. The van der Waals surface area contributed by atoms with Gasteiger partial charge in [0.15, 0.2) is 0 Å². The van der Waals surface area contributed by atoms with Crippen LogP contribution in [0.15, 0.2) is 0 Å². The molecular formula is C18H32N2O2. The summed E-state index contributed by atoms with van der Waals surface area (Å²) in [5.74, 6) is 0.456. The first-order valence-corrected chi connectivity index (χ1v) is 8.98. The minimum Gasteiger partial charge on any atom is -0.465 e. The number of nitrogens with zero attached hydrogens (tertiary/aromatic N) is 1. The molecule has 3 fully saturated rings. The summed E-state index contributed by atoms with van der Waals surface area (Å²) in [5.41, 5.74) is 6.70. The molecule has 22 heavy (non-hydrogen) atoms. The molecule has 1 saturated heterocycles. The van der Waals surface area contributed by atoms with Crippen molar-refractivity contribution in [3.8, 4) is 0 Å². The second kappa shape index (κ2) is 5.20. The van der Waals surface area contributed by atoms with Crippen molar-refractivity contribution < 1.29 is 9.53 Å². The molecule has 0 amide bonds. The molecule has 4 heteroatoms. The van der Waals surface area contributed by atoms with Gasteiger partial charge < -0.3 is 10.5 Å². The Morgan fingerprint density at radius 1 is 1.32 bits per heavy atom. The fourth-order valence-corrected chi connectivity index (χ4v) is 6.02. The quantitative estimate of drug-likeness (QED) is 0.811. The third-order valence-electron chi connectivity index (χ3n) is 7.67. The fourth-order valence-electron chi connectivity index (χ4n) is 6.02. The van der Waals surface area contributed by atoms with Gasteiger partial charge in [-0.2, -0.15) is 0 Å². The van der Waals surface area contributed by atoms with Crippen LogP contribution in [0.5, 0.6) is 0 Å². The molecule has 2 saturated carbocycles. The van der Waals surface area contributed by atoms with Crippen LogP contribution < -0.4 is 5.73 Å². The van der Waals surface area contributed by atoms with Crippen molar-refractivity contribution in [3.63, 3.8) is 0 Å². The highest BCUT2D eigenvalue weighted by molar-refractivity contribution is 5.78. The first-order chi connectivity index (χ1) is 10.3. The number of carbonyl (C=O) groups excluding carboxylic acids is 1. The van der Waals surface area contributed by atoms with Crippen LogP contribution in [0.25, 0.3) is 0 Å². The largest absolute Gasteiger partial charge is 0.465 e. The van der Waals surface area contributed by atoms with Gasteiger partial charge >= 0.3 is 5.97 Å². The van der Waals surface area contributed by atoms with Crippen molar-refractivity contribution in [1.82, 2.24) is 4.90 Å². The molecule has 3 rings (SSSR count). The zero-order chi connectivity index (χ0) is 16.2. The highest BCUT2D eigenvalue weighted by Crippen LogP contribution is 2.72. The first kappa shape index (κ1) is 16.3. The molecule has 0 aromatic carbocycles. The summed E-state index contributed by atoms with van der Waals surface area (Å²) in [5, 5.41) is 0. The Morgan fingerprint density at radius 3 is 2.41 bits per heavy atom. The van der Waals surface area contributed by atoms with E-state index >= 15 is 0 Å². The van der Waals surface area contributed by atoms with Crippen molar-refractivity contribution in [2.24, 2.45) is 22.5 Å². The molecule has 0 spiro atoms. The van der Waals surface area contributed by atoms with Crippen LogP contribution >= 0.6 is 0 Å². The summed E-state index contributed by atoms with van der Waals surface area (Å²) in [6.45, 7) is 11.6. The third-order valence-corrected chi connectivity index (χ3v) is 7.67. The molecule has 2 bridgehead atoms. The van der Waals surface area contributed by atoms with Crippen LogP contribution in [0.3, 0.4) is 0 Å². The van der Waals surface area contributed by atoms with Crippen LogP contribution in [-0.4, -0.2) is 42.1 Å². The Morgan fingerprint density at radius 2 is 1.95 bits per heavy atom. The van der Waals surface area contributed by atoms with Crippen LogP contribution in [0.2, 0.25) is 0 Å². The fraction of sp³-hybridized carbons (Fsp3) is 0.944. The van der Waals surface area contributed by atoms with E-state index in [4.69, 9.17) is 10.5 Å². The van der Waals surface area contributed by atoms with Crippen molar-refractivity contribution in [3.05, 3.63) is 0 Å². The number of fused-ring (bicyclic) bond motifs is 2. The Kier molecular flexibility index (Phi) is 3.84. The van der Waals surface area contributed by atoms with Crippen LogP contribution in [0, 0.1) is 16.7 Å². The summed E-state index contributed by atoms with van der Waals surface area (Å²) >= 11 is 0. The highest BCUT2D eigenvalue weighted by atomic mass is 16.5. The predicted molar refractivity (Wildman–Crippen MR) is 87.4 cm³/mol. The average Bonchev–Trinajstić information content (AvgIpc) is 3.11. The van der Waals surface area contributed by atoms with Crippen LogP contribution in [0.1, 0.15) is 59.8 Å². The smallest absolute Gasteiger partial charge is 0.324 e. The standard InChI is InChI=1S/C18H32N2O2/c1-5-22-15(21)14(19)18(20-10-6-7-11-20)12-13-8-9-17(18,4)16(13,2)3/h13-14H,5-12,19H2,1-4H3/t13-,14-,17+,18-/m1/s1. The molecule has 2 N–H and O–H groups in total. The van der Waals surface area contributed by atoms with Crippen molar-refractivity contribution >= 4 is 5.97 Å². The van der Waals surface area contributed by atoms with E-state index in [9.17, 15) is 4.79 Å². The van der Waals surface area contributed by atoms with Gasteiger partial charge in [-0.25, -0.2) is 0 Å². The molecule has 1 aliphatic heterocycles. The lowest BCUT2D eigenvalue weighted by Gasteiger charge is -2.55. The second-order valence-electron chi connectivity index (χ2n) is 8.34. The van der Waals surface area contributed by atoms with Gasteiger partial charge in [-0.05, 0) is 68.9 Å². The summed E-state index contributed by atoms with van der Waals surface area (Å²) in [6, 6.07) is -0.528. The first-order valence-electron chi connectivity index (χ1n) is 8.98. The number of hydrogen-bond donors (Lipinski definition) is 1. The van der Waals surface area contributed by atoms with Crippen LogP contribution in [-0.2, 0) is 9.53 Å². The summed E-state index contributed by atoms with van der Waals surface area (Å²) in [4.78, 5) is 15.1. The van der Waals surface area contributed by atoms with Gasteiger partial charge in [0.05, 0.1) is 12.1 Å². The average molecular weight is 308 g/mol. The molecule has 0 aromatic rings. The van der Waals surface area contributed by atoms with Gasteiger partial charge in [0.2, 0.25) is 0 Å². The van der Waals surface area contributed by atoms with Gasteiger partial charge in [0.1, 0.15) is 6.04 Å². The zero-order valence-electron chi connectivity index (χ0n) is 14.7. The lowest BCUT2D eigenvalue weighted by atomic mass is 9.59. The Labute approximate surface area is 134 Å². The van der Waals surface area contributed by atoms with Gasteiger partial charge in [0, 0.05) is 0 Å². The molecule has 2 aliphatic carbocycles. The summed E-state index contributed by atoms with van der Waals surface area (Å²) in [6.07, 6.45) is 5.94. The minimum absolute atomic E-state index is 0.0845. The maximum atomic E-state index is 12.5. The van der Waals surface area contributed by atoms with Gasteiger partial charge in [-0.3, -0.25) is 9.69 Å². The van der Waals surface area contributed by atoms with E-state index in [-0.39, 0.29) is 22.3 Å². The molecule has 0 unspecified atom stereocenters. The molecular weight excluding hydrogens is 276 g/mol. The van der Waals surface area contributed by atoms with Gasteiger partial charge in [-0.15, -0.1) is 0 Å². The number of nitrogens with two attached hydrogens (primary N) is 1. The van der Waals surface area contributed by atoms with Gasteiger partial charge in [-0.1, -0.05) is 20.8 Å². The molecule has 4 nitrogen and oxygen atoms in total. The third kappa shape index (κ3) is 1.80. The molecule has 0 aromatic heterocycles. The maximum Gasteiger partial charge on any atom is 0.324 e. The molecule has 0 radical (unpaired) electrons. The normalized spacial score (nSPS) is 41.8. The number of hydrogen-bond acceptors (Lipinski definition) is 4. The lowest BCUT2D eigenvalue weighted by molar-refractivity contribution is -0.154. The number of ether oxygens (including phenoxy) is 1. The Balaban J connectivity index is 2.04. The summed E-state index contributed by atoms with van der Waals surface area (Å²) < 4.78 is 5.33. The van der Waals surface area contributed by atoms with Crippen molar-refractivity contribution in [2.75, 3.05) is 19.7 Å². The van der Waals surface area contributed by atoms with E-state index in [1.165, 1.54) is 25.7 Å². The Bertz CT molecular complexity index is 458. The minimum atomic E-state index is -0.528. The lowest BCUT2D eigenvalue weighted by Crippen LogP contribution is -2.69. The van der Waals surface area contributed by atoms with Gasteiger partial charge in [0.25, 0.3) is 0 Å². The molecule has 4 atom stereocenters. The topological polar surface area (TPSA) is 55.6 Å². The molecule has 3 aliphatic rings. The maximum absolute atomic E-state index is 12.5. The van der Waals surface area contributed by atoms with E-state index in [1.807, 2.05) is 6.92 Å². The van der Waals surface area contributed by atoms with E-state index in [1.54, 1.807) is 0 Å².